The zero-order valence-electron chi connectivity index (χ0n) is 11.5. The molecular weight excluding hydrogens is 268 g/mol. The van der Waals surface area contributed by atoms with Gasteiger partial charge in [0.05, 0.1) is 6.61 Å². The Morgan fingerprint density at radius 3 is 2.90 bits per heavy atom. The van der Waals surface area contributed by atoms with Gasteiger partial charge in [-0.25, -0.2) is 15.0 Å². The van der Waals surface area contributed by atoms with Crippen molar-refractivity contribution in [3.05, 3.63) is 42.2 Å². The van der Waals surface area contributed by atoms with Crippen LogP contribution < -0.4 is 5.73 Å². The van der Waals surface area contributed by atoms with E-state index in [4.69, 9.17) is 5.73 Å². The second-order valence-corrected chi connectivity index (χ2v) is 4.70. The lowest BCUT2D eigenvalue weighted by atomic mass is 10.1. The molecule has 0 aliphatic rings. The molecule has 3 aromatic heterocycles. The van der Waals surface area contributed by atoms with Crippen molar-refractivity contribution in [2.45, 2.75) is 19.4 Å². The van der Waals surface area contributed by atoms with Crippen molar-refractivity contribution < 1.29 is 5.11 Å². The van der Waals surface area contributed by atoms with E-state index in [9.17, 15) is 5.11 Å². The Bertz CT molecular complexity index is 740. The zero-order valence-corrected chi connectivity index (χ0v) is 11.5. The molecule has 21 heavy (non-hydrogen) atoms. The van der Waals surface area contributed by atoms with Crippen molar-refractivity contribution in [3.8, 4) is 0 Å². The third-order valence-corrected chi connectivity index (χ3v) is 3.32. The Balaban J connectivity index is 1.93. The number of aryl methyl sites for hydroxylation is 2. The Hall–Kier alpha value is -2.54. The Kier molecular flexibility index (Phi) is 3.74. The van der Waals surface area contributed by atoms with Crippen LogP contribution in [-0.4, -0.2) is 36.2 Å². The minimum Gasteiger partial charge on any atom is -0.395 e. The first-order valence-electron chi connectivity index (χ1n) is 6.75. The van der Waals surface area contributed by atoms with Crippen LogP contribution in [0.4, 0.5) is 5.82 Å². The van der Waals surface area contributed by atoms with Crippen LogP contribution in [0.1, 0.15) is 11.4 Å². The number of nitrogen functional groups attached to an aromatic ring is 1. The minimum absolute atomic E-state index is 0.0231. The summed E-state index contributed by atoms with van der Waals surface area (Å²) in [6.45, 7) is 0.463. The Morgan fingerprint density at radius 1 is 1.24 bits per heavy atom. The number of pyridine rings is 1. The molecule has 0 saturated heterocycles. The number of aliphatic hydroxyl groups is 1. The van der Waals surface area contributed by atoms with Crippen LogP contribution in [0.2, 0.25) is 0 Å². The number of aliphatic hydroxyl groups excluding tert-OH is 1. The lowest BCUT2D eigenvalue weighted by Crippen LogP contribution is -2.09. The molecule has 0 radical (unpaired) electrons. The van der Waals surface area contributed by atoms with Gasteiger partial charge in [0.1, 0.15) is 12.2 Å². The predicted octanol–water partition coefficient (Wildman–Crippen LogP) is 0.581. The molecule has 108 valence electrons. The van der Waals surface area contributed by atoms with Crippen molar-refractivity contribution in [2.75, 3.05) is 12.3 Å². The van der Waals surface area contributed by atoms with Crippen molar-refractivity contribution in [2.24, 2.45) is 0 Å². The van der Waals surface area contributed by atoms with Gasteiger partial charge in [-0.05, 0) is 18.1 Å². The molecule has 0 aliphatic heterocycles. The summed E-state index contributed by atoms with van der Waals surface area (Å²) in [4.78, 5) is 16.8. The number of nitrogens with zero attached hydrogens (tertiary/aromatic N) is 5. The van der Waals surface area contributed by atoms with Crippen molar-refractivity contribution in [1.29, 1.82) is 0 Å². The summed E-state index contributed by atoms with van der Waals surface area (Å²) >= 11 is 0. The van der Waals surface area contributed by atoms with E-state index in [2.05, 4.69) is 19.9 Å². The minimum atomic E-state index is 0.0231. The van der Waals surface area contributed by atoms with Crippen LogP contribution in [0.25, 0.3) is 11.2 Å². The first-order valence-corrected chi connectivity index (χ1v) is 6.75. The second-order valence-electron chi connectivity index (χ2n) is 4.70. The highest BCUT2D eigenvalue weighted by atomic mass is 16.3. The second kappa shape index (κ2) is 5.84. The molecule has 7 heteroatoms. The van der Waals surface area contributed by atoms with E-state index >= 15 is 0 Å². The first kappa shape index (κ1) is 13.4. The summed E-state index contributed by atoms with van der Waals surface area (Å²) in [5, 5.41) is 9.24. The summed E-state index contributed by atoms with van der Waals surface area (Å²) in [5.41, 5.74) is 8.24. The average Bonchev–Trinajstić information content (AvgIpc) is 2.86. The molecule has 0 fully saturated rings. The molecule has 0 aromatic carbocycles. The van der Waals surface area contributed by atoms with E-state index in [1.165, 1.54) is 6.33 Å². The quantitative estimate of drug-likeness (QED) is 0.710. The van der Waals surface area contributed by atoms with Gasteiger partial charge in [-0.3, -0.25) is 4.98 Å². The normalized spacial score (nSPS) is 11.1. The Labute approximate surface area is 121 Å². The molecule has 0 saturated carbocycles. The SMILES string of the molecule is Nc1ncnc2c1nc(CCc1cccnc1)n2CCO. The molecule has 0 spiro atoms. The number of fused-ring (bicyclic) bond motifs is 1. The topological polar surface area (TPSA) is 103 Å². The largest absolute Gasteiger partial charge is 0.395 e. The molecule has 3 aromatic rings. The van der Waals surface area contributed by atoms with Crippen molar-refractivity contribution in [3.63, 3.8) is 0 Å². The smallest absolute Gasteiger partial charge is 0.165 e. The van der Waals surface area contributed by atoms with Gasteiger partial charge in [0.2, 0.25) is 0 Å². The molecule has 3 N–H and O–H groups in total. The molecule has 0 atom stereocenters. The zero-order chi connectivity index (χ0) is 14.7. The van der Waals surface area contributed by atoms with E-state index in [1.54, 1.807) is 6.20 Å². The summed E-state index contributed by atoms with van der Waals surface area (Å²) in [7, 11) is 0. The molecule has 0 aliphatic carbocycles. The maximum atomic E-state index is 9.24. The van der Waals surface area contributed by atoms with Gasteiger partial charge in [-0.1, -0.05) is 6.07 Å². The number of rotatable bonds is 5. The molecule has 3 rings (SSSR count). The monoisotopic (exact) mass is 284 g/mol. The summed E-state index contributed by atoms with van der Waals surface area (Å²) in [6.07, 6.45) is 6.55. The third kappa shape index (κ3) is 2.68. The highest BCUT2D eigenvalue weighted by Gasteiger charge is 2.14. The molecule has 3 heterocycles. The van der Waals surface area contributed by atoms with E-state index in [1.807, 2.05) is 22.9 Å². The maximum Gasteiger partial charge on any atom is 0.165 e. The van der Waals surface area contributed by atoms with E-state index in [0.717, 1.165) is 24.2 Å². The maximum absolute atomic E-state index is 9.24. The van der Waals surface area contributed by atoms with Gasteiger partial charge in [-0.2, -0.15) is 0 Å². The van der Waals surface area contributed by atoms with Crippen LogP contribution in [-0.2, 0) is 19.4 Å². The van der Waals surface area contributed by atoms with Crippen molar-refractivity contribution in [1.82, 2.24) is 24.5 Å². The summed E-state index contributed by atoms with van der Waals surface area (Å²) in [5.74, 6) is 1.20. The van der Waals surface area contributed by atoms with Gasteiger partial charge < -0.3 is 15.4 Å². The molecule has 0 amide bonds. The number of anilines is 1. The number of aromatic nitrogens is 5. The van der Waals surface area contributed by atoms with Gasteiger partial charge in [-0.15, -0.1) is 0 Å². The Morgan fingerprint density at radius 2 is 2.14 bits per heavy atom. The van der Waals surface area contributed by atoms with Crippen LogP contribution in [0.5, 0.6) is 0 Å². The van der Waals surface area contributed by atoms with Crippen LogP contribution in [0, 0.1) is 0 Å². The van der Waals surface area contributed by atoms with Gasteiger partial charge in [0, 0.05) is 25.4 Å². The fourth-order valence-electron chi connectivity index (χ4n) is 2.33. The summed E-state index contributed by atoms with van der Waals surface area (Å²) in [6, 6.07) is 3.94. The number of nitrogens with two attached hydrogens (primary N) is 1. The van der Waals surface area contributed by atoms with Gasteiger partial charge in [0.15, 0.2) is 17.0 Å². The van der Waals surface area contributed by atoms with Gasteiger partial charge in [0.25, 0.3) is 0 Å². The highest BCUT2D eigenvalue weighted by Crippen LogP contribution is 2.18. The lowest BCUT2D eigenvalue weighted by Gasteiger charge is -2.06. The number of imidazole rings is 1. The van der Waals surface area contributed by atoms with Crippen molar-refractivity contribution >= 4 is 17.0 Å². The van der Waals surface area contributed by atoms with E-state index in [-0.39, 0.29) is 6.61 Å². The van der Waals surface area contributed by atoms with Gasteiger partial charge >= 0.3 is 0 Å². The van der Waals surface area contributed by atoms with Crippen LogP contribution in [0.15, 0.2) is 30.9 Å². The first-order chi connectivity index (χ1) is 10.3. The molecular formula is C14H16N6O. The predicted molar refractivity (Wildman–Crippen MR) is 78.5 cm³/mol. The molecule has 7 nitrogen and oxygen atoms in total. The van der Waals surface area contributed by atoms with Crippen LogP contribution in [0.3, 0.4) is 0 Å². The highest BCUT2D eigenvalue weighted by molar-refractivity contribution is 5.81. The summed E-state index contributed by atoms with van der Waals surface area (Å²) < 4.78 is 1.89. The molecule has 0 bridgehead atoms. The average molecular weight is 284 g/mol. The van der Waals surface area contributed by atoms with E-state index < -0.39 is 0 Å². The number of hydrogen-bond acceptors (Lipinski definition) is 6. The fourth-order valence-corrected chi connectivity index (χ4v) is 2.33. The van der Waals surface area contributed by atoms with Crippen LogP contribution >= 0.6 is 0 Å². The lowest BCUT2D eigenvalue weighted by molar-refractivity contribution is 0.275. The molecule has 0 unspecified atom stereocenters. The standard InChI is InChI=1S/C14H16N6O/c15-13-12-14(18-9-17-13)20(6-7-21)11(19-12)4-3-10-2-1-5-16-8-10/h1-2,5,8-9,21H,3-4,6-7H2,(H2,15,17,18). The number of hydrogen-bond donors (Lipinski definition) is 2. The fraction of sp³-hybridized carbons (Fsp3) is 0.286. The third-order valence-electron chi connectivity index (χ3n) is 3.32. The van der Waals surface area contributed by atoms with E-state index in [0.29, 0.717) is 23.5 Å².